The summed E-state index contributed by atoms with van der Waals surface area (Å²) in [5.74, 6) is -0.0802. The number of carbonyl (C=O) groups is 4. The second-order valence-corrected chi connectivity index (χ2v) is 18.3. The van der Waals surface area contributed by atoms with Gasteiger partial charge in [-0.3, -0.25) is 10.1 Å². The van der Waals surface area contributed by atoms with Gasteiger partial charge in [-0.1, -0.05) is 42.1 Å². The first-order valence-corrected chi connectivity index (χ1v) is 20.4. The summed E-state index contributed by atoms with van der Waals surface area (Å²) in [5, 5.41) is 34.3. The molecule has 4 aromatic heterocycles. The van der Waals surface area contributed by atoms with E-state index in [0.29, 0.717) is 38.3 Å². The van der Waals surface area contributed by atoms with Gasteiger partial charge >= 0.3 is 24.4 Å². The molecule has 21 nitrogen and oxygen atoms in total. The Hall–Kier alpha value is -7.68. The molecule has 0 aliphatic carbocycles. The molecule has 0 saturated carbocycles. The number of imide groups is 2. The zero-order valence-corrected chi connectivity index (χ0v) is 39.2. The number of non-ortho nitro benzene ring substituents is 1. The minimum Gasteiger partial charge on any atom is -0.443 e. The van der Waals surface area contributed by atoms with Crippen LogP contribution >= 0.6 is 0 Å². The van der Waals surface area contributed by atoms with Crippen molar-refractivity contribution >= 4 is 58.4 Å². The Balaban J connectivity index is 0.000000338. The van der Waals surface area contributed by atoms with Crippen LogP contribution in [0, 0.1) is 10.1 Å². The Morgan fingerprint density at radius 3 is 1.15 bits per heavy atom. The fraction of sp³-hybridized carbons (Fsp3) is 0.391. The lowest BCUT2D eigenvalue weighted by atomic mass is 10.0. The summed E-state index contributed by atoms with van der Waals surface area (Å²) in [7, 11) is 1.00. The van der Waals surface area contributed by atoms with E-state index in [-0.39, 0.29) is 24.7 Å². The molecule has 0 saturated heterocycles. The number of fused-ring (bicyclic) bond motifs is 2. The Kier molecular flexibility index (Phi) is 16.9. The molecule has 0 aliphatic heterocycles. The van der Waals surface area contributed by atoms with E-state index in [2.05, 4.69) is 20.6 Å². The van der Waals surface area contributed by atoms with Crippen molar-refractivity contribution in [3.05, 3.63) is 95.3 Å². The number of nitrogens with zero attached hydrogens (tertiary/aromatic N) is 9. The zero-order chi connectivity index (χ0) is 49.5. The number of rotatable bonds is 5. The first kappa shape index (κ1) is 53.7. The predicted molar refractivity (Wildman–Crippen MR) is 253 cm³/mol. The van der Waals surface area contributed by atoms with E-state index < -0.39 is 51.7 Å². The number of nitrogens with two attached hydrogens (primary N) is 1. The molecular weight excluding hydrogens is 869 g/mol. The summed E-state index contributed by atoms with van der Waals surface area (Å²) in [5.41, 5.74) is 6.36. The molecule has 0 fully saturated rings. The highest BCUT2D eigenvalue weighted by Gasteiger charge is 2.38. The molecule has 4 amide bonds. The number of aliphatic hydroxyl groups is 1. The fourth-order valence-corrected chi connectivity index (χ4v) is 5.78. The van der Waals surface area contributed by atoms with Crippen LogP contribution in [0.4, 0.5) is 42.2 Å². The molecule has 0 bridgehead atoms. The zero-order valence-electron chi connectivity index (χ0n) is 39.2. The van der Waals surface area contributed by atoms with E-state index in [9.17, 15) is 29.3 Å². The van der Waals surface area contributed by atoms with Crippen LogP contribution in [0.1, 0.15) is 90.5 Å². The lowest BCUT2D eigenvalue weighted by Crippen LogP contribution is -2.44. The largest absolute Gasteiger partial charge is 0.443 e. The number of nitrogen functional groups attached to an aromatic ring is 1. The van der Waals surface area contributed by atoms with Crippen LogP contribution in [0.25, 0.3) is 33.3 Å². The predicted octanol–water partition coefficient (Wildman–Crippen LogP) is 9.88. The van der Waals surface area contributed by atoms with Crippen molar-refractivity contribution < 1.29 is 48.2 Å². The number of aliphatic hydroxyl groups excluding tert-OH is 1. The number of nitro benzene ring substituents is 1. The van der Waals surface area contributed by atoms with E-state index in [1.165, 1.54) is 21.2 Å². The van der Waals surface area contributed by atoms with Crippen molar-refractivity contribution in [2.45, 2.75) is 113 Å². The monoisotopic (exact) mass is 928 g/mol. The SMILES string of the molecule is C.CC(C)(C)OC(=O)N(C(=O)OC(C)(C)C)c1nnn2cccc(-c3ccc(N)cc3)c12.CC(C)(C)OC(=O)N(C(=O)OC(C)(C)C)c1nnn2cccc(-c3ccc([N+](=O)[O-])cc3)c12.CO. The van der Waals surface area contributed by atoms with Crippen molar-refractivity contribution in [3.8, 4) is 22.3 Å². The summed E-state index contributed by atoms with van der Waals surface area (Å²) in [4.78, 5) is 64.1. The summed E-state index contributed by atoms with van der Waals surface area (Å²) in [6.45, 7) is 20.3. The number of nitro groups is 1. The second-order valence-electron chi connectivity index (χ2n) is 18.3. The summed E-state index contributed by atoms with van der Waals surface area (Å²) in [6.07, 6.45) is -0.485. The molecule has 0 unspecified atom stereocenters. The molecule has 2 aromatic carbocycles. The number of benzene rings is 2. The number of carbonyl (C=O) groups excluding carboxylic acids is 4. The Morgan fingerprint density at radius 1 is 0.567 bits per heavy atom. The van der Waals surface area contributed by atoms with Crippen LogP contribution < -0.4 is 15.5 Å². The van der Waals surface area contributed by atoms with Gasteiger partial charge in [0, 0.05) is 48.5 Å². The molecule has 0 aliphatic rings. The second kappa shape index (κ2) is 21.1. The van der Waals surface area contributed by atoms with Gasteiger partial charge in [0.1, 0.15) is 33.4 Å². The average molecular weight is 929 g/mol. The van der Waals surface area contributed by atoms with Crippen LogP contribution in [0.3, 0.4) is 0 Å². The molecule has 4 heterocycles. The number of ether oxygens (including phenoxy) is 4. The molecule has 21 heteroatoms. The van der Waals surface area contributed by atoms with Crippen LogP contribution in [0.5, 0.6) is 0 Å². The third-order valence-electron chi connectivity index (χ3n) is 8.18. The van der Waals surface area contributed by atoms with Crippen molar-refractivity contribution in [2.24, 2.45) is 0 Å². The lowest BCUT2D eigenvalue weighted by molar-refractivity contribution is -0.384. The van der Waals surface area contributed by atoms with Crippen LogP contribution in [0.2, 0.25) is 0 Å². The maximum Gasteiger partial charge on any atom is 0.425 e. The van der Waals surface area contributed by atoms with Gasteiger partial charge in [-0.25, -0.2) is 28.2 Å². The summed E-state index contributed by atoms with van der Waals surface area (Å²) in [6, 6.07) is 20.1. The molecule has 6 rings (SSSR count). The Morgan fingerprint density at radius 2 is 0.866 bits per heavy atom. The topological polar surface area (TPSA) is 261 Å². The highest BCUT2D eigenvalue weighted by Crippen LogP contribution is 2.34. The molecule has 0 atom stereocenters. The van der Waals surface area contributed by atoms with Crippen molar-refractivity contribution in [1.82, 2.24) is 29.7 Å². The minimum atomic E-state index is -0.974. The third-order valence-corrected chi connectivity index (χ3v) is 8.18. The molecule has 3 N–H and O–H groups in total. The molecule has 0 spiro atoms. The number of hydrogen-bond donors (Lipinski definition) is 2. The quantitative estimate of drug-likeness (QED) is 0.0705. The number of pyridine rings is 2. The highest BCUT2D eigenvalue weighted by atomic mass is 16.6. The molecule has 0 radical (unpaired) electrons. The van der Waals surface area contributed by atoms with Crippen molar-refractivity contribution in [1.29, 1.82) is 0 Å². The fourth-order valence-electron chi connectivity index (χ4n) is 5.78. The summed E-state index contributed by atoms with van der Waals surface area (Å²) < 4.78 is 24.7. The Labute approximate surface area is 388 Å². The maximum absolute atomic E-state index is 13.0. The number of anilines is 3. The van der Waals surface area contributed by atoms with Crippen molar-refractivity contribution in [3.63, 3.8) is 0 Å². The highest BCUT2D eigenvalue weighted by molar-refractivity contribution is 6.13. The number of aromatic nitrogens is 6. The van der Waals surface area contributed by atoms with E-state index in [0.717, 1.165) is 17.6 Å². The molecule has 6 aromatic rings. The first-order valence-electron chi connectivity index (χ1n) is 20.4. The third kappa shape index (κ3) is 14.2. The van der Waals surface area contributed by atoms with Gasteiger partial charge in [0.05, 0.1) is 4.92 Å². The van der Waals surface area contributed by atoms with Crippen LogP contribution in [-0.2, 0) is 18.9 Å². The smallest absolute Gasteiger partial charge is 0.425 e. The lowest BCUT2D eigenvalue weighted by Gasteiger charge is -2.27. The molecular formula is C46H60N10O11. The Bertz CT molecular complexity index is 2630. The van der Waals surface area contributed by atoms with Gasteiger partial charge in [-0.15, -0.1) is 10.2 Å². The van der Waals surface area contributed by atoms with E-state index in [4.69, 9.17) is 29.8 Å². The normalized spacial score (nSPS) is 11.4. The molecule has 360 valence electrons. The first-order chi connectivity index (χ1) is 30.6. The van der Waals surface area contributed by atoms with Gasteiger partial charge in [0.15, 0.2) is 11.6 Å². The van der Waals surface area contributed by atoms with Gasteiger partial charge in [0.2, 0.25) is 0 Å². The number of hydrogen-bond acceptors (Lipinski definition) is 16. The van der Waals surface area contributed by atoms with E-state index >= 15 is 0 Å². The standard InChI is InChI=1S/C22H25N5O6.C22H27N5O4.CH4O.CH4/c1-21(2,3)32-19(28)26(20(29)33-22(4,5)6)18-17-16(8-7-13-25(17)24-23-18)14-9-11-15(12-10-14)27(30)31;1-21(2,3)30-19(28)27(20(29)31-22(4,5)6)18-17-16(8-7-13-26(17)25-24-18)14-9-11-15(23)12-10-14;1-2;/h7-13H,1-6H3;7-13H,23H2,1-6H3;2H,1H3;1H4. The van der Waals surface area contributed by atoms with Gasteiger partial charge in [-0.2, -0.15) is 9.80 Å². The van der Waals surface area contributed by atoms with E-state index in [1.807, 2.05) is 18.2 Å². The average Bonchev–Trinajstić information content (AvgIpc) is 3.82. The maximum atomic E-state index is 13.0. The number of amides is 4. The van der Waals surface area contributed by atoms with E-state index in [1.54, 1.807) is 138 Å². The minimum absolute atomic E-state index is 0. The van der Waals surface area contributed by atoms with Gasteiger partial charge in [-0.05, 0) is 131 Å². The van der Waals surface area contributed by atoms with Gasteiger partial charge in [0.25, 0.3) is 5.69 Å². The van der Waals surface area contributed by atoms with Crippen molar-refractivity contribution in [2.75, 3.05) is 22.6 Å². The van der Waals surface area contributed by atoms with Crippen LogP contribution in [-0.4, -0.2) is 93.6 Å². The van der Waals surface area contributed by atoms with Gasteiger partial charge < -0.3 is 29.8 Å². The molecule has 67 heavy (non-hydrogen) atoms. The summed E-state index contributed by atoms with van der Waals surface area (Å²) >= 11 is 0. The van der Waals surface area contributed by atoms with Crippen LogP contribution in [0.15, 0.2) is 85.2 Å².